The number of aromatic nitrogens is 4. The van der Waals surface area contributed by atoms with Crippen LogP contribution in [0.2, 0.25) is 0 Å². The molecule has 9 heteroatoms. The largest absolute Gasteiger partial charge is 0.495 e. The third-order valence-corrected chi connectivity index (χ3v) is 4.95. The van der Waals surface area contributed by atoms with E-state index in [0.717, 1.165) is 5.56 Å². The van der Waals surface area contributed by atoms with Gasteiger partial charge in [-0.3, -0.25) is 19.0 Å². The van der Waals surface area contributed by atoms with Crippen LogP contribution in [0.5, 0.6) is 5.75 Å². The molecule has 1 aliphatic heterocycles. The number of rotatable bonds is 4. The number of aryl methyl sites for hydroxylation is 2. The van der Waals surface area contributed by atoms with Crippen LogP contribution in [0, 0.1) is 0 Å². The van der Waals surface area contributed by atoms with Gasteiger partial charge in [-0.25, -0.2) is 0 Å². The molecule has 0 bridgehead atoms. The number of amides is 2. The summed E-state index contributed by atoms with van der Waals surface area (Å²) in [6.45, 7) is 0.633. The number of anilines is 1. The molecule has 0 saturated carbocycles. The van der Waals surface area contributed by atoms with Crippen LogP contribution in [0.3, 0.4) is 0 Å². The van der Waals surface area contributed by atoms with Crippen LogP contribution < -0.4 is 10.1 Å². The number of fused-ring (bicyclic) bond motifs is 1. The van der Waals surface area contributed by atoms with Crippen molar-refractivity contribution >= 4 is 17.5 Å². The standard InChI is InChI=1S/C20H22N6O3/c1-24-9-13(8-21-24)20(28)26-11-14-10-25(2)23-18(14)15(12-26)19(27)22-16-6-4-5-7-17(16)29-3/h4-10,15H,11-12H2,1-3H3,(H,22,27). The van der Waals surface area contributed by atoms with Crippen LogP contribution in [0.25, 0.3) is 0 Å². The molecule has 0 spiro atoms. The zero-order valence-electron chi connectivity index (χ0n) is 16.5. The molecule has 1 N–H and O–H groups in total. The lowest BCUT2D eigenvalue weighted by Gasteiger charge is -2.31. The van der Waals surface area contributed by atoms with Gasteiger partial charge in [-0.15, -0.1) is 0 Å². The van der Waals surface area contributed by atoms with Gasteiger partial charge in [0.15, 0.2) is 0 Å². The summed E-state index contributed by atoms with van der Waals surface area (Å²) in [6.07, 6.45) is 5.05. The van der Waals surface area contributed by atoms with Crippen molar-refractivity contribution in [1.82, 2.24) is 24.5 Å². The van der Waals surface area contributed by atoms with Gasteiger partial charge in [0, 0.05) is 45.1 Å². The molecule has 1 aromatic carbocycles. The molecule has 1 atom stereocenters. The smallest absolute Gasteiger partial charge is 0.257 e. The van der Waals surface area contributed by atoms with E-state index < -0.39 is 5.92 Å². The molecule has 3 heterocycles. The molecule has 29 heavy (non-hydrogen) atoms. The lowest BCUT2D eigenvalue weighted by atomic mass is 9.95. The number of para-hydroxylation sites is 2. The van der Waals surface area contributed by atoms with Crippen molar-refractivity contribution in [1.29, 1.82) is 0 Å². The highest BCUT2D eigenvalue weighted by Gasteiger charge is 2.36. The number of nitrogens with one attached hydrogen (secondary N) is 1. The van der Waals surface area contributed by atoms with Gasteiger partial charge in [-0.1, -0.05) is 12.1 Å². The quantitative estimate of drug-likeness (QED) is 0.724. The first kappa shape index (κ1) is 18.7. The van der Waals surface area contributed by atoms with Crippen molar-refractivity contribution in [3.05, 3.63) is 59.7 Å². The van der Waals surface area contributed by atoms with E-state index in [0.29, 0.717) is 29.2 Å². The average molecular weight is 394 g/mol. The second-order valence-corrected chi connectivity index (χ2v) is 7.04. The number of methoxy groups -OCH3 is 1. The predicted octanol–water partition coefficient (Wildman–Crippen LogP) is 1.54. The highest BCUT2D eigenvalue weighted by molar-refractivity contribution is 5.99. The molecule has 4 rings (SSSR count). The van der Waals surface area contributed by atoms with E-state index in [1.807, 2.05) is 18.3 Å². The Morgan fingerprint density at radius 1 is 1.17 bits per heavy atom. The third kappa shape index (κ3) is 3.58. The van der Waals surface area contributed by atoms with Crippen molar-refractivity contribution in [2.75, 3.05) is 19.0 Å². The monoisotopic (exact) mass is 394 g/mol. The maximum absolute atomic E-state index is 13.1. The first-order valence-electron chi connectivity index (χ1n) is 9.20. The van der Waals surface area contributed by atoms with Gasteiger partial charge in [0.2, 0.25) is 5.91 Å². The summed E-state index contributed by atoms with van der Waals surface area (Å²) in [4.78, 5) is 27.8. The maximum atomic E-state index is 13.1. The number of nitrogens with zero attached hydrogens (tertiary/aromatic N) is 5. The Kier molecular flexibility index (Phi) is 4.79. The van der Waals surface area contributed by atoms with E-state index in [1.165, 1.54) is 6.20 Å². The minimum atomic E-state index is -0.592. The average Bonchev–Trinajstić information content (AvgIpc) is 3.31. The molecule has 2 aromatic heterocycles. The van der Waals surface area contributed by atoms with Crippen LogP contribution >= 0.6 is 0 Å². The predicted molar refractivity (Wildman–Crippen MR) is 106 cm³/mol. The van der Waals surface area contributed by atoms with Crippen molar-refractivity contribution in [2.45, 2.75) is 12.5 Å². The number of benzene rings is 1. The van der Waals surface area contributed by atoms with E-state index in [1.54, 1.807) is 53.8 Å². The topological polar surface area (TPSA) is 94.3 Å². The van der Waals surface area contributed by atoms with Crippen molar-refractivity contribution in [2.24, 2.45) is 14.1 Å². The summed E-state index contributed by atoms with van der Waals surface area (Å²) in [5.41, 5.74) is 2.61. The summed E-state index contributed by atoms with van der Waals surface area (Å²) >= 11 is 0. The molecule has 0 aliphatic carbocycles. The lowest BCUT2D eigenvalue weighted by Crippen LogP contribution is -2.42. The SMILES string of the molecule is COc1ccccc1NC(=O)C1CN(C(=O)c2cnn(C)c2)Cc2cn(C)nc21. The highest BCUT2D eigenvalue weighted by Crippen LogP contribution is 2.31. The van der Waals surface area contributed by atoms with Gasteiger partial charge >= 0.3 is 0 Å². The van der Waals surface area contributed by atoms with Gasteiger partial charge < -0.3 is 15.0 Å². The fourth-order valence-electron chi connectivity index (χ4n) is 3.59. The fraction of sp³-hybridized carbons (Fsp3) is 0.300. The number of hydrogen-bond donors (Lipinski definition) is 1. The first-order chi connectivity index (χ1) is 14.0. The second-order valence-electron chi connectivity index (χ2n) is 7.04. The number of hydrogen-bond acceptors (Lipinski definition) is 5. The zero-order chi connectivity index (χ0) is 20.5. The molecule has 0 saturated heterocycles. The molecule has 1 unspecified atom stereocenters. The zero-order valence-corrected chi connectivity index (χ0v) is 16.5. The molecule has 9 nitrogen and oxygen atoms in total. The van der Waals surface area contributed by atoms with E-state index in [2.05, 4.69) is 15.5 Å². The Balaban J connectivity index is 1.62. The van der Waals surface area contributed by atoms with Crippen LogP contribution in [0.1, 0.15) is 27.5 Å². The normalized spacial score (nSPS) is 15.7. The Labute approximate surface area is 167 Å². The van der Waals surface area contributed by atoms with Crippen molar-refractivity contribution < 1.29 is 14.3 Å². The maximum Gasteiger partial charge on any atom is 0.257 e. The number of carbonyl (C=O) groups is 2. The van der Waals surface area contributed by atoms with Gasteiger partial charge in [0.25, 0.3) is 5.91 Å². The highest BCUT2D eigenvalue weighted by atomic mass is 16.5. The number of carbonyl (C=O) groups excluding carboxylic acids is 2. The van der Waals surface area contributed by atoms with Crippen molar-refractivity contribution in [3.63, 3.8) is 0 Å². The summed E-state index contributed by atoms with van der Waals surface area (Å²) in [7, 11) is 5.12. The summed E-state index contributed by atoms with van der Waals surface area (Å²) in [5.74, 6) is -0.424. The molecule has 150 valence electrons. The van der Waals surface area contributed by atoms with Crippen molar-refractivity contribution in [3.8, 4) is 5.75 Å². The Morgan fingerprint density at radius 2 is 1.97 bits per heavy atom. The molecular weight excluding hydrogens is 372 g/mol. The summed E-state index contributed by atoms with van der Waals surface area (Å²) in [5, 5.41) is 11.5. The molecule has 2 amide bonds. The van der Waals surface area contributed by atoms with Gasteiger partial charge in [0.05, 0.1) is 30.3 Å². The molecule has 3 aromatic rings. The molecule has 0 radical (unpaired) electrons. The Morgan fingerprint density at radius 3 is 2.69 bits per heavy atom. The van der Waals surface area contributed by atoms with Crippen LogP contribution in [-0.2, 0) is 25.4 Å². The fourth-order valence-corrected chi connectivity index (χ4v) is 3.59. The van der Waals surface area contributed by atoms with Gasteiger partial charge in [0.1, 0.15) is 11.7 Å². The van der Waals surface area contributed by atoms with E-state index in [9.17, 15) is 9.59 Å². The van der Waals surface area contributed by atoms with E-state index >= 15 is 0 Å². The van der Waals surface area contributed by atoms with Gasteiger partial charge in [-0.2, -0.15) is 10.2 Å². The van der Waals surface area contributed by atoms with Crippen LogP contribution in [0.4, 0.5) is 5.69 Å². The minimum absolute atomic E-state index is 0.164. The van der Waals surface area contributed by atoms with Gasteiger partial charge in [-0.05, 0) is 12.1 Å². The third-order valence-electron chi connectivity index (χ3n) is 4.95. The Bertz CT molecular complexity index is 1070. The number of ether oxygens (including phenoxy) is 1. The molecule has 0 fully saturated rings. The minimum Gasteiger partial charge on any atom is -0.495 e. The summed E-state index contributed by atoms with van der Waals surface area (Å²) in [6, 6.07) is 7.21. The molecular formula is C20H22N6O3. The van der Waals surface area contributed by atoms with Crippen LogP contribution in [0.15, 0.2) is 42.9 Å². The lowest BCUT2D eigenvalue weighted by molar-refractivity contribution is -0.118. The first-order valence-corrected chi connectivity index (χ1v) is 9.20. The summed E-state index contributed by atoms with van der Waals surface area (Å²) < 4.78 is 8.57. The van der Waals surface area contributed by atoms with E-state index in [-0.39, 0.29) is 18.4 Å². The molecule has 1 aliphatic rings. The second kappa shape index (κ2) is 7.42. The van der Waals surface area contributed by atoms with E-state index in [4.69, 9.17) is 4.74 Å². The van der Waals surface area contributed by atoms with Crippen LogP contribution in [-0.4, -0.2) is 49.9 Å². The Hall–Kier alpha value is -3.62.